The Morgan fingerprint density at radius 3 is 0.822 bits per heavy atom. The molecule has 135 heavy (non-hydrogen) atoms. The minimum absolute atomic E-state index is 0.887. The lowest BCUT2D eigenvalue weighted by Gasteiger charge is -2.28. The molecule has 0 aliphatic carbocycles. The van der Waals surface area contributed by atoms with Crippen LogP contribution < -0.4 is 14.7 Å². The van der Waals surface area contributed by atoms with Gasteiger partial charge < -0.3 is 9.80 Å². The second-order valence-electron chi connectivity index (χ2n) is 34.1. The Morgan fingerprint density at radius 2 is 0.400 bits per heavy atom. The van der Waals surface area contributed by atoms with Gasteiger partial charge in [0.15, 0.2) is 0 Å². The number of rotatable bonds is 18. The number of benzene rings is 23. The fraction of sp³-hybridized carbons (Fsp3) is 0. The number of anilines is 9. The van der Waals surface area contributed by atoms with Gasteiger partial charge in [-0.2, -0.15) is 0 Å². The summed E-state index contributed by atoms with van der Waals surface area (Å²) < 4.78 is 0. The second-order valence-corrected chi connectivity index (χ2v) is 34.1. The molecular weight excluding hydrogens is 1630 g/mol. The van der Waals surface area contributed by atoms with Gasteiger partial charge in [0.05, 0.1) is 11.2 Å². The van der Waals surface area contributed by atoms with Gasteiger partial charge in [-0.3, -0.25) is 4.90 Å². The lowest BCUT2D eigenvalue weighted by Crippen LogP contribution is -2.11. The lowest BCUT2D eigenvalue weighted by atomic mass is 9.93. The zero-order chi connectivity index (χ0) is 90.0. The Hall–Kier alpha value is -17.8. The smallest absolute Gasteiger partial charge is 0.138 e. The summed E-state index contributed by atoms with van der Waals surface area (Å²) in [7, 11) is 0. The SMILES string of the molecule is c1ccc(-c2cc(-c3ccc(N(c4ccc5ccccc5c4)c4ccc5ccccc5n4)cc3)c3ccccc3c2)cc1.c1ccc(-c2ccc(N(c3ccc(-c4cccc5ccccc45)cc3)c3cc(-c4ccccc4)cc4ccccc34)cc2)cc1.c1ccc(-c2ccc(N(c3ccc(-c4ccccc4)cc3)c3ccc(-c4cc(-c5ccccc5)cc5ccccc45)cc3)cc2)cc1. The standard InChI is InChI=1S/C46H33N.C44H31N.C41H28N2/c1-4-12-34(13-5-1)37-20-26-42(27-21-37)47(43-28-22-38(23-29-43)35-14-6-2-7-15-35)44-30-24-39(25-31-44)46-33-41(36-16-8-3-9-17-36)32-40-18-10-11-19-45(40)46;1-3-12-32(13-4-1)34-22-26-39(27-23-34)45(40-28-24-36(25-29-40)42-21-11-18-35-16-7-9-19-41(35)42)44-31-38(33-14-5-2-6-15-33)30-37-17-8-10-20-43(37)44;1-2-10-29(11-3-1)35-26-34-15-6-8-16-38(34)39(28-35)31-19-22-36(23-20-31)43(37-24-18-30-12-4-5-14-33(30)27-37)41-25-21-32-13-7-9-17-40(32)42-41/h1-33H;1-31H;1-28H. The van der Waals surface area contributed by atoms with Crippen LogP contribution in [0.3, 0.4) is 0 Å². The monoisotopic (exact) mass is 1720 g/mol. The predicted molar refractivity (Wildman–Crippen MR) is 575 cm³/mol. The van der Waals surface area contributed by atoms with Gasteiger partial charge in [-0.15, -0.1) is 0 Å². The van der Waals surface area contributed by atoms with Crippen molar-refractivity contribution in [1.82, 2.24) is 4.98 Å². The van der Waals surface area contributed by atoms with Crippen LogP contribution in [0, 0.1) is 0 Å². The molecule has 4 nitrogen and oxygen atoms in total. The van der Waals surface area contributed by atoms with E-state index in [1.165, 1.54) is 154 Å². The summed E-state index contributed by atoms with van der Waals surface area (Å²) >= 11 is 0. The van der Waals surface area contributed by atoms with Crippen LogP contribution in [0.4, 0.5) is 51.3 Å². The highest BCUT2D eigenvalue weighted by Crippen LogP contribution is 2.47. The molecule has 4 heteroatoms. The summed E-state index contributed by atoms with van der Waals surface area (Å²) in [5.41, 5.74) is 31.7. The van der Waals surface area contributed by atoms with Crippen molar-refractivity contribution >= 4 is 116 Å². The van der Waals surface area contributed by atoms with Gasteiger partial charge in [0.1, 0.15) is 5.82 Å². The van der Waals surface area contributed by atoms with Crippen molar-refractivity contribution in [3.63, 3.8) is 0 Å². The van der Waals surface area contributed by atoms with Gasteiger partial charge in [0.25, 0.3) is 0 Å². The Labute approximate surface area is 788 Å². The number of para-hydroxylation sites is 1. The van der Waals surface area contributed by atoms with Crippen LogP contribution in [0.2, 0.25) is 0 Å². The summed E-state index contributed by atoms with van der Waals surface area (Å²) in [6.45, 7) is 0. The number of pyridine rings is 1. The van der Waals surface area contributed by atoms with E-state index in [0.29, 0.717) is 0 Å². The first-order chi connectivity index (χ1) is 66.9. The van der Waals surface area contributed by atoms with Gasteiger partial charge in [0.2, 0.25) is 0 Å². The third kappa shape index (κ3) is 17.7. The highest BCUT2D eigenvalue weighted by Gasteiger charge is 2.23. The fourth-order valence-corrected chi connectivity index (χ4v) is 18.9. The van der Waals surface area contributed by atoms with E-state index < -0.39 is 0 Å². The van der Waals surface area contributed by atoms with Crippen molar-refractivity contribution < 1.29 is 0 Å². The van der Waals surface area contributed by atoms with E-state index in [1.807, 2.05) is 6.07 Å². The quantitative estimate of drug-likeness (QED) is 0.0854. The van der Waals surface area contributed by atoms with E-state index >= 15 is 0 Å². The predicted octanol–water partition coefficient (Wildman–Crippen LogP) is 36.8. The van der Waals surface area contributed by atoms with Crippen LogP contribution >= 0.6 is 0 Å². The molecule has 0 unspecified atom stereocenters. The third-order valence-electron chi connectivity index (χ3n) is 25.7. The van der Waals surface area contributed by atoms with Gasteiger partial charge in [-0.25, -0.2) is 4.98 Å². The molecule has 0 bridgehead atoms. The van der Waals surface area contributed by atoms with Crippen LogP contribution in [-0.2, 0) is 0 Å². The average molecular weight is 1720 g/mol. The largest absolute Gasteiger partial charge is 0.311 e. The molecule has 1 heterocycles. The highest BCUT2D eigenvalue weighted by atomic mass is 15.2. The summed E-state index contributed by atoms with van der Waals surface area (Å²) in [5.74, 6) is 0.887. The first kappa shape index (κ1) is 82.8. The lowest BCUT2D eigenvalue weighted by molar-refractivity contribution is 1.21. The van der Waals surface area contributed by atoms with Gasteiger partial charge in [-0.1, -0.05) is 419 Å². The zero-order valence-electron chi connectivity index (χ0n) is 74.4. The summed E-state index contributed by atoms with van der Waals surface area (Å²) in [6.07, 6.45) is 0. The summed E-state index contributed by atoms with van der Waals surface area (Å²) in [4.78, 5) is 12.1. The molecular formula is C131H92N4. The van der Waals surface area contributed by atoms with E-state index in [4.69, 9.17) is 4.98 Å². The Bertz CT molecular complexity index is 8100. The number of aromatic nitrogens is 1. The molecule has 0 radical (unpaired) electrons. The Morgan fingerprint density at radius 1 is 0.126 bits per heavy atom. The van der Waals surface area contributed by atoms with Gasteiger partial charge in [-0.05, 0) is 288 Å². The molecule has 0 aliphatic heterocycles. The van der Waals surface area contributed by atoms with E-state index in [2.05, 4.69) is 567 Å². The maximum atomic E-state index is 5.10. The fourth-order valence-electron chi connectivity index (χ4n) is 18.9. The molecule has 0 saturated carbocycles. The van der Waals surface area contributed by atoms with Crippen LogP contribution in [0.1, 0.15) is 0 Å². The van der Waals surface area contributed by atoms with E-state index in [0.717, 1.165) is 62.2 Å². The van der Waals surface area contributed by atoms with Crippen LogP contribution in [0.15, 0.2) is 558 Å². The topological polar surface area (TPSA) is 22.6 Å². The maximum absolute atomic E-state index is 5.10. The minimum atomic E-state index is 0.887. The molecule has 24 aromatic rings. The molecule has 0 N–H and O–H groups in total. The Balaban J connectivity index is 0.000000118. The normalized spacial score (nSPS) is 11.1. The van der Waals surface area contributed by atoms with E-state index in [-0.39, 0.29) is 0 Å². The number of fused-ring (bicyclic) bond motifs is 6. The van der Waals surface area contributed by atoms with Crippen molar-refractivity contribution in [2.75, 3.05) is 14.7 Å². The summed E-state index contributed by atoms with van der Waals surface area (Å²) in [5, 5.41) is 13.5. The molecule has 1 aromatic heterocycles. The molecule has 0 spiro atoms. The van der Waals surface area contributed by atoms with Crippen molar-refractivity contribution in [2.24, 2.45) is 0 Å². The van der Waals surface area contributed by atoms with Crippen LogP contribution in [-0.4, -0.2) is 4.98 Å². The molecule has 24 rings (SSSR count). The summed E-state index contributed by atoms with van der Waals surface area (Å²) in [6, 6.07) is 200. The average Bonchev–Trinajstić information content (AvgIpc) is 0.749. The molecule has 0 aliphatic rings. The van der Waals surface area contributed by atoms with E-state index in [9.17, 15) is 0 Å². The molecule has 636 valence electrons. The van der Waals surface area contributed by atoms with Crippen LogP contribution in [0.25, 0.3) is 165 Å². The van der Waals surface area contributed by atoms with Crippen molar-refractivity contribution in [3.05, 3.63) is 558 Å². The maximum Gasteiger partial charge on any atom is 0.138 e. The Kier molecular flexibility index (Phi) is 23.4. The first-order valence-electron chi connectivity index (χ1n) is 46.2. The highest BCUT2D eigenvalue weighted by molar-refractivity contribution is 6.06. The van der Waals surface area contributed by atoms with Crippen molar-refractivity contribution in [1.29, 1.82) is 0 Å². The molecule has 0 atom stereocenters. The van der Waals surface area contributed by atoms with Crippen molar-refractivity contribution in [3.8, 4) is 100 Å². The number of hydrogen-bond acceptors (Lipinski definition) is 4. The second kappa shape index (κ2) is 38.1. The van der Waals surface area contributed by atoms with Crippen LogP contribution in [0.5, 0.6) is 0 Å². The van der Waals surface area contributed by atoms with E-state index in [1.54, 1.807) is 0 Å². The zero-order valence-corrected chi connectivity index (χ0v) is 74.4. The number of nitrogens with zero attached hydrogens (tertiary/aromatic N) is 4. The molecule has 0 fully saturated rings. The third-order valence-corrected chi connectivity index (χ3v) is 25.7. The molecule has 0 amide bonds. The molecule has 23 aromatic carbocycles. The first-order valence-corrected chi connectivity index (χ1v) is 46.2. The minimum Gasteiger partial charge on any atom is -0.311 e. The van der Waals surface area contributed by atoms with Gasteiger partial charge in [0, 0.05) is 50.6 Å². The van der Waals surface area contributed by atoms with Crippen molar-refractivity contribution in [2.45, 2.75) is 0 Å². The number of hydrogen-bond donors (Lipinski definition) is 0. The van der Waals surface area contributed by atoms with Gasteiger partial charge >= 0.3 is 0 Å². The molecule has 0 saturated heterocycles.